The number of carbonyl (C=O) groups excluding carboxylic acids is 1. The van der Waals surface area contributed by atoms with Crippen molar-refractivity contribution in [2.24, 2.45) is 0 Å². The molecule has 0 spiro atoms. The molecule has 0 fully saturated rings. The van der Waals surface area contributed by atoms with Crippen LogP contribution >= 0.6 is 0 Å². The summed E-state index contributed by atoms with van der Waals surface area (Å²) in [6.45, 7) is 0.560. The number of para-hydroxylation sites is 1. The first-order valence-corrected chi connectivity index (χ1v) is 7.59. The van der Waals surface area contributed by atoms with E-state index in [1.54, 1.807) is 30.0 Å². The molecule has 0 radical (unpaired) electrons. The molecule has 0 unspecified atom stereocenters. The van der Waals surface area contributed by atoms with Crippen molar-refractivity contribution in [3.8, 4) is 5.75 Å². The summed E-state index contributed by atoms with van der Waals surface area (Å²) in [5.41, 5.74) is 2.79. The zero-order valence-electron chi connectivity index (χ0n) is 13.4. The van der Waals surface area contributed by atoms with E-state index in [1.807, 2.05) is 24.3 Å². The van der Waals surface area contributed by atoms with E-state index in [-0.39, 0.29) is 5.56 Å². The molecule has 6 nitrogen and oxygen atoms in total. The van der Waals surface area contributed by atoms with Crippen molar-refractivity contribution in [1.29, 1.82) is 0 Å². The fraction of sp³-hybridized carbons (Fsp3) is 0.222. The summed E-state index contributed by atoms with van der Waals surface area (Å²) < 4.78 is 6.92. The number of hydrogen-bond donors (Lipinski definition) is 2. The number of pyridine rings is 1. The van der Waals surface area contributed by atoms with Gasteiger partial charge >= 0.3 is 0 Å². The molecular formula is C18H20N2O4. The molecule has 126 valence electrons. The third-order valence-corrected chi connectivity index (χ3v) is 3.61. The van der Waals surface area contributed by atoms with Crippen molar-refractivity contribution in [3.05, 3.63) is 70.2 Å². The van der Waals surface area contributed by atoms with Crippen LogP contribution in [0.25, 0.3) is 6.08 Å². The van der Waals surface area contributed by atoms with E-state index >= 15 is 0 Å². The molecule has 1 aromatic heterocycles. The molecule has 0 atom stereocenters. The summed E-state index contributed by atoms with van der Waals surface area (Å²) in [6, 6.07) is 11.2. The SMILES string of the molecule is COc1ccccc1CCCn1cccc(/C=C/C(=O)NO)c1=O. The van der Waals surface area contributed by atoms with E-state index in [0.717, 1.165) is 30.2 Å². The number of aryl methyl sites for hydroxylation is 2. The maximum atomic E-state index is 12.3. The van der Waals surface area contributed by atoms with E-state index < -0.39 is 5.91 Å². The van der Waals surface area contributed by atoms with Crippen molar-refractivity contribution in [1.82, 2.24) is 10.0 Å². The summed E-state index contributed by atoms with van der Waals surface area (Å²) >= 11 is 0. The number of rotatable bonds is 7. The quantitative estimate of drug-likeness (QED) is 0.463. The standard InChI is InChI=1S/C18H20N2O4/c1-24-16-9-3-2-6-14(16)7-4-12-20-13-5-8-15(18(20)22)10-11-17(21)19-23/h2-3,5-6,8-11,13,23H,4,7,12H2,1H3,(H,19,21)/b11-10+. The molecule has 1 heterocycles. The molecule has 0 saturated heterocycles. The Balaban J connectivity index is 2.04. The van der Waals surface area contributed by atoms with Gasteiger partial charge in [0.1, 0.15) is 5.75 Å². The van der Waals surface area contributed by atoms with Crippen LogP contribution in [0.2, 0.25) is 0 Å². The molecular weight excluding hydrogens is 308 g/mol. The Morgan fingerprint density at radius 3 is 2.83 bits per heavy atom. The Morgan fingerprint density at radius 1 is 1.29 bits per heavy atom. The molecule has 1 aromatic carbocycles. The third-order valence-electron chi connectivity index (χ3n) is 3.61. The normalized spacial score (nSPS) is 10.8. The van der Waals surface area contributed by atoms with Crippen molar-refractivity contribution in [2.45, 2.75) is 19.4 Å². The van der Waals surface area contributed by atoms with E-state index in [4.69, 9.17) is 9.94 Å². The second kappa shape index (κ2) is 8.69. The van der Waals surface area contributed by atoms with E-state index in [1.165, 1.54) is 11.6 Å². The first-order chi connectivity index (χ1) is 11.7. The van der Waals surface area contributed by atoms with Gasteiger partial charge in [0.25, 0.3) is 11.5 Å². The highest BCUT2D eigenvalue weighted by molar-refractivity contribution is 5.90. The molecule has 24 heavy (non-hydrogen) atoms. The topological polar surface area (TPSA) is 80.6 Å². The van der Waals surface area contributed by atoms with Gasteiger partial charge < -0.3 is 9.30 Å². The lowest BCUT2D eigenvalue weighted by Crippen LogP contribution is -2.22. The Kier molecular flexibility index (Phi) is 6.33. The molecule has 0 saturated carbocycles. The highest BCUT2D eigenvalue weighted by Crippen LogP contribution is 2.18. The summed E-state index contributed by atoms with van der Waals surface area (Å²) in [7, 11) is 1.64. The van der Waals surface area contributed by atoms with Crippen LogP contribution in [0.15, 0.2) is 53.5 Å². The second-order valence-electron chi connectivity index (χ2n) is 5.19. The largest absolute Gasteiger partial charge is 0.496 e. The monoisotopic (exact) mass is 328 g/mol. The van der Waals surface area contributed by atoms with Gasteiger partial charge in [0.2, 0.25) is 0 Å². The number of hydrogen-bond acceptors (Lipinski definition) is 4. The lowest BCUT2D eigenvalue weighted by atomic mass is 10.1. The number of nitrogens with zero attached hydrogens (tertiary/aromatic N) is 1. The number of benzene rings is 1. The van der Waals surface area contributed by atoms with Gasteiger partial charge in [0.15, 0.2) is 0 Å². The van der Waals surface area contributed by atoms with Gasteiger partial charge in [0.05, 0.1) is 7.11 Å². The molecule has 1 amide bonds. The number of methoxy groups -OCH3 is 1. The lowest BCUT2D eigenvalue weighted by Gasteiger charge is -2.09. The second-order valence-corrected chi connectivity index (χ2v) is 5.19. The number of hydroxylamine groups is 1. The van der Waals surface area contributed by atoms with Crippen LogP contribution in [0.5, 0.6) is 5.75 Å². The van der Waals surface area contributed by atoms with Gasteiger partial charge in [-0.1, -0.05) is 18.2 Å². The number of aromatic nitrogens is 1. The number of ether oxygens (including phenoxy) is 1. The predicted molar refractivity (Wildman–Crippen MR) is 91.0 cm³/mol. The Labute approximate surface area is 140 Å². The number of nitrogens with one attached hydrogen (secondary N) is 1. The zero-order valence-corrected chi connectivity index (χ0v) is 13.4. The van der Waals surface area contributed by atoms with Crippen LogP contribution in [0.3, 0.4) is 0 Å². The summed E-state index contributed by atoms with van der Waals surface area (Å²) in [4.78, 5) is 23.3. The van der Waals surface area contributed by atoms with Gasteiger partial charge in [-0.25, -0.2) is 5.48 Å². The number of carbonyl (C=O) groups is 1. The highest BCUT2D eigenvalue weighted by Gasteiger charge is 2.04. The molecule has 0 bridgehead atoms. The fourth-order valence-electron chi connectivity index (χ4n) is 2.41. The van der Waals surface area contributed by atoms with Gasteiger partial charge in [-0.2, -0.15) is 0 Å². The highest BCUT2D eigenvalue weighted by atomic mass is 16.5. The van der Waals surface area contributed by atoms with Crippen molar-refractivity contribution < 1.29 is 14.7 Å². The minimum atomic E-state index is -0.680. The maximum Gasteiger partial charge on any atom is 0.267 e. The summed E-state index contributed by atoms with van der Waals surface area (Å²) in [5, 5.41) is 8.46. The van der Waals surface area contributed by atoms with Gasteiger partial charge in [-0.05, 0) is 42.7 Å². The Bertz CT molecular complexity index is 781. The van der Waals surface area contributed by atoms with Crippen LogP contribution < -0.4 is 15.8 Å². The molecule has 2 rings (SSSR count). The molecule has 6 heteroatoms. The Hall–Kier alpha value is -2.86. The van der Waals surface area contributed by atoms with Crippen LogP contribution in [0.1, 0.15) is 17.5 Å². The molecule has 2 aromatic rings. The fourth-order valence-corrected chi connectivity index (χ4v) is 2.41. The van der Waals surface area contributed by atoms with Crippen LogP contribution in [0.4, 0.5) is 0 Å². The summed E-state index contributed by atoms with van der Waals surface area (Å²) in [5.74, 6) is 0.164. The molecule has 0 aliphatic rings. The average Bonchev–Trinajstić information content (AvgIpc) is 2.62. The first kappa shape index (κ1) is 17.5. The van der Waals surface area contributed by atoms with E-state index in [0.29, 0.717) is 12.1 Å². The number of amides is 1. The zero-order chi connectivity index (χ0) is 17.4. The maximum absolute atomic E-state index is 12.3. The third kappa shape index (κ3) is 4.57. The van der Waals surface area contributed by atoms with Crippen molar-refractivity contribution in [3.63, 3.8) is 0 Å². The molecule has 0 aliphatic carbocycles. The van der Waals surface area contributed by atoms with Gasteiger partial charge in [0, 0.05) is 24.4 Å². The van der Waals surface area contributed by atoms with E-state index in [2.05, 4.69) is 0 Å². The van der Waals surface area contributed by atoms with Crippen LogP contribution in [-0.2, 0) is 17.8 Å². The Morgan fingerprint density at radius 2 is 2.08 bits per heavy atom. The van der Waals surface area contributed by atoms with Crippen LogP contribution in [0, 0.1) is 0 Å². The summed E-state index contributed by atoms with van der Waals surface area (Å²) in [6.07, 6.45) is 5.78. The minimum Gasteiger partial charge on any atom is -0.496 e. The first-order valence-electron chi connectivity index (χ1n) is 7.59. The molecule has 2 N–H and O–H groups in total. The van der Waals surface area contributed by atoms with Crippen LogP contribution in [-0.4, -0.2) is 22.8 Å². The lowest BCUT2D eigenvalue weighted by molar-refractivity contribution is -0.124. The van der Waals surface area contributed by atoms with Crippen molar-refractivity contribution >= 4 is 12.0 Å². The predicted octanol–water partition coefficient (Wildman–Crippen LogP) is 2.01. The van der Waals surface area contributed by atoms with E-state index in [9.17, 15) is 9.59 Å². The molecule has 0 aliphatic heterocycles. The minimum absolute atomic E-state index is 0.181. The van der Waals surface area contributed by atoms with Crippen molar-refractivity contribution in [2.75, 3.05) is 7.11 Å². The van der Waals surface area contributed by atoms with Gasteiger partial charge in [-0.15, -0.1) is 0 Å². The van der Waals surface area contributed by atoms with Gasteiger partial charge in [-0.3, -0.25) is 14.8 Å². The average molecular weight is 328 g/mol. The smallest absolute Gasteiger partial charge is 0.267 e.